The SMILES string of the molecule is CCOC(=O)N1CCCN(C(=O)C(CCC(=O)O)NC(=O)c2cc(OCC(=O)C(C)(C)C)n(-c3ccccc3)n2)CC1. The van der Waals surface area contributed by atoms with Gasteiger partial charge in [0.25, 0.3) is 5.91 Å². The number of rotatable bonds is 11. The predicted octanol–water partition coefficient (Wildman–Crippen LogP) is 2.52. The summed E-state index contributed by atoms with van der Waals surface area (Å²) in [7, 11) is 0. The number of aromatic nitrogens is 2. The Hall–Kier alpha value is -4.42. The fraction of sp³-hybridized carbons (Fsp3) is 0.517. The van der Waals surface area contributed by atoms with E-state index in [-0.39, 0.29) is 56.5 Å². The molecule has 1 unspecified atom stereocenters. The molecule has 228 valence electrons. The number of para-hydroxylation sites is 1. The molecule has 0 aliphatic carbocycles. The molecule has 0 bridgehead atoms. The molecule has 1 fully saturated rings. The zero-order valence-corrected chi connectivity index (χ0v) is 24.5. The van der Waals surface area contributed by atoms with Crippen molar-refractivity contribution in [1.29, 1.82) is 0 Å². The summed E-state index contributed by atoms with van der Waals surface area (Å²) >= 11 is 0. The Morgan fingerprint density at radius 1 is 1.02 bits per heavy atom. The molecule has 1 atom stereocenters. The molecule has 3 rings (SSSR count). The smallest absolute Gasteiger partial charge is 0.409 e. The maximum Gasteiger partial charge on any atom is 0.409 e. The lowest BCUT2D eigenvalue weighted by Gasteiger charge is -2.26. The van der Waals surface area contributed by atoms with E-state index in [0.29, 0.717) is 25.2 Å². The molecule has 13 heteroatoms. The van der Waals surface area contributed by atoms with Crippen molar-refractivity contribution in [2.75, 3.05) is 39.4 Å². The number of Topliss-reactive ketones (excluding diaryl/α,β-unsaturated/α-hetero) is 1. The Morgan fingerprint density at radius 3 is 2.33 bits per heavy atom. The number of carbonyl (C=O) groups excluding carboxylic acids is 4. The van der Waals surface area contributed by atoms with Crippen LogP contribution in [-0.2, 0) is 19.1 Å². The molecule has 1 aromatic carbocycles. The molecule has 1 aromatic heterocycles. The van der Waals surface area contributed by atoms with Crippen molar-refractivity contribution in [3.8, 4) is 11.6 Å². The summed E-state index contributed by atoms with van der Waals surface area (Å²) in [5, 5.41) is 16.3. The average Bonchev–Trinajstić information content (AvgIpc) is 3.22. The largest absolute Gasteiger partial charge is 0.481 e. The van der Waals surface area contributed by atoms with Crippen molar-refractivity contribution >= 4 is 29.7 Å². The standard InChI is InChI=1S/C29H39N5O8/c1-5-41-28(40)33-15-9-14-32(16-17-33)27(39)21(12-13-25(36)37)30-26(38)22-18-24(42-19-23(35)29(2,3)4)34(31-22)20-10-7-6-8-11-20/h6-8,10-11,18,21H,5,9,12-17,19H2,1-4H3,(H,30,38)(H,36,37). The van der Waals surface area contributed by atoms with Crippen LogP contribution in [0, 0.1) is 5.41 Å². The fourth-order valence-corrected chi connectivity index (χ4v) is 4.20. The summed E-state index contributed by atoms with van der Waals surface area (Å²) in [5.41, 5.74) is -0.116. The van der Waals surface area contributed by atoms with E-state index in [0.717, 1.165) is 0 Å². The third-order valence-electron chi connectivity index (χ3n) is 6.68. The first-order chi connectivity index (χ1) is 19.9. The van der Waals surface area contributed by atoms with Gasteiger partial charge in [-0.15, -0.1) is 0 Å². The Balaban J connectivity index is 1.80. The Kier molecular flexibility index (Phi) is 11.1. The number of ether oxygens (including phenoxy) is 2. The Morgan fingerprint density at radius 2 is 1.69 bits per heavy atom. The lowest BCUT2D eigenvalue weighted by Crippen LogP contribution is -2.50. The molecule has 0 radical (unpaired) electrons. The zero-order valence-electron chi connectivity index (χ0n) is 24.5. The van der Waals surface area contributed by atoms with Gasteiger partial charge in [0.1, 0.15) is 12.6 Å². The molecule has 13 nitrogen and oxygen atoms in total. The highest BCUT2D eigenvalue weighted by Gasteiger charge is 2.31. The van der Waals surface area contributed by atoms with Crippen LogP contribution in [0.4, 0.5) is 4.79 Å². The van der Waals surface area contributed by atoms with Crippen molar-refractivity contribution in [3.63, 3.8) is 0 Å². The van der Waals surface area contributed by atoms with E-state index >= 15 is 0 Å². The number of ketones is 1. The molecule has 0 saturated carbocycles. The minimum Gasteiger partial charge on any atom is -0.481 e. The van der Waals surface area contributed by atoms with Crippen molar-refractivity contribution in [1.82, 2.24) is 24.9 Å². The van der Waals surface area contributed by atoms with Gasteiger partial charge in [0.05, 0.1) is 12.3 Å². The molecule has 42 heavy (non-hydrogen) atoms. The number of benzene rings is 1. The van der Waals surface area contributed by atoms with Crippen LogP contribution in [0.1, 0.15) is 57.4 Å². The number of nitrogens with zero attached hydrogens (tertiary/aromatic N) is 4. The van der Waals surface area contributed by atoms with Gasteiger partial charge in [0, 0.05) is 44.1 Å². The second-order valence-electron chi connectivity index (χ2n) is 10.9. The topological polar surface area (TPSA) is 160 Å². The van der Waals surface area contributed by atoms with Crippen molar-refractivity contribution < 1.29 is 38.6 Å². The van der Waals surface area contributed by atoms with Crippen molar-refractivity contribution in [2.24, 2.45) is 5.41 Å². The van der Waals surface area contributed by atoms with Gasteiger partial charge in [-0.05, 0) is 31.9 Å². The maximum absolute atomic E-state index is 13.5. The zero-order chi connectivity index (χ0) is 30.9. The quantitative estimate of drug-likeness (QED) is 0.404. The summed E-state index contributed by atoms with van der Waals surface area (Å²) in [6, 6.07) is 9.13. The molecule has 2 heterocycles. The van der Waals surface area contributed by atoms with Crippen LogP contribution in [0.25, 0.3) is 5.69 Å². The molecule has 3 amide bonds. The number of amides is 3. The molecular weight excluding hydrogens is 546 g/mol. The summed E-state index contributed by atoms with van der Waals surface area (Å²) < 4.78 is 12.2. The molecule has 1 saturated heterocycles. The average molecular weight is 586 g/mol. The van der Waals surface area contributed by atoms with Gasteiger partial charge in [0.15, 0.2) is 11.5 Å². The molecule has 2 N–H and O–H groups in total. The molecule has 1 aliphatic heterocycles. The number of hydrogen-bond acceptors (Lipinski definition) is 8. The summed E-state index contributed by atoms with van der Waals surface area (Å²) in [5.74, 6) is -2.26. The van der Waals surface area contributed by atoms with Crippen LogP contribution in [0.5, 0.6) is 5.88 Å². The van der Waals surface area contributed by atoms with Gasteiger partial charge in [-0.2, -0.15) is 5.10 Å². The minimum atomic E-state index is -1.14. The maximum atomic E-state index is 13.5. The fourth-order valence-electron chi connectivity index (χ4n) is 4.20. The highest BCUT2D eigenvalue weighted by Crippen LogP contribution is 2.22. The molecule has 2 aromatic rings. The van der Waals surface area contributed by atoms with Crippen LogP contribution in [0.15, 0.2) is 36.4 Å². The predicted molar refractivity (Wildman–Crippen MR) is 151 cm³/mol. The van der Waals surface area contributed by atoms with E-state index in [2.05, 4.69) is 10.4 Å². The van der Waals surface area contributed by atoms with Crippen LogP contribution < -0.4 is 10.1 Å². The number of carboxylic acid groups (broad SMARTS) is 1. The molecular formula is C29H39N5O8. The third kappa shape index (κ3) is 8.79. The lowest BCUT2D eigenvalue weighted by atomic mass is 9.91. The first-order valence-electron chi connectivity index (χ1n) is 14.0. The van der Waals surface area contributed by atoms with E-state index < -0.39 is 35.3 Å². The first-order valence-corrected chi connectivity index (χ1v) is 14.0. The minimum absolute atomic E-state index is 0.0745. The highest BCUT2D eigenvalue weighted by atomic mass is 16.6. The van der Waals surface area contributed by atoms with E-state index in [4.69, 9.17) is 9.47 Å². The van der Waals surface area contributed by atoms with Gasteiger partial charge in [-0.1, -0.05) is 39.0 Å². The van der Waals surface area contributed by atoms with Crippen LogP contribution >= 0.6 is 0 Å². The monoisotopic (exact) mass is 585 g/mol. The van der Waals surface area contributed by atoms with Crippen molar-refractivity contribution in [3.05, 3.63) is 42.1 Å². The Labute approximate surface area is 244 Å². The number of carbonyl (C=O) groups is 5. The molecule has 1 aliphatic rings. The van der Waals surface area contributed by atoms with Crippen molar-refractivity contribution in [2.45, 2.75) is 53.0 Å². The summed E-state index contributed by atoms with van der Waals surface area (Å²) in [6.45, 7) is 8.24. The van der Waals surface area contributed by atoms with E-state index in [1.165, 1.54) is 20.5 Å². The first kappa shape index (κ1) is 32.1. The number of aliphatic carboxylic acids is 1. The van der Waals surface area contributed by atoms with Gasteiger partial charge in [-0.3, -0.25) is 19.2 Å². The van der Waals surface area contributed by atoms with Gasteiger partial charge >= 0.3 is 12.1 Å². The van der Waals surface area contributed by atoms with Gasteiger partial charge < -0.3 is 29.7 Å². The second kappa shape index (κ2) is 14.5. The number of carboxylic acids is 1. The number of hydrogen-bond donors (Lipinski definition) is 2. The summed E-state index contributed by atoms with van der Waals surface area (Å²) in [4.78, 5) is 65.9. The van der Waals surface area contributed by atoms with E-state index in [9.17, 15) is 29.1 Å². The van der Waals surface area contributed by atoms with E-state index in [1.807, 2.05) is 6.07 Å². The second-order valence-corrected chi connectivity index (χ2v) is 10.9. The summed E-state index contributed by atoms with van der Waals surface area (Å²) in [6.07, 6.45) is -0.444. The van der Waals surface area contributed by atoms with Crippen LogP contribution in [0.2, 0.25) is 0 Å². The van der Waals surface area contributed by atoms with Crippen LogP contribution in [-0.4, -0.2) is 99.8 Å². The lowest BCUT2D eigenvalue weighted by molar-refractivity contribution is -0.138. The van der Waals surface area contributed by atoms with Crippen LogP contribution in [0.3, 0.4) is 0 Å². The number of nitrogens with one attached hydrogen (secondary N) is 1. The van der Waals surface area contributed by atoms with E-state index in [1.54, 1.807) is 52.0 Å². The Bertz CT molecular complexity index is 1270. The molecule has 0 spiro atoms. The normalized spacial score (nSPS) is 14.5. The van der Waals surface area contributed by atoms with Gasteiger partial charge in [0.2, 0.25) is 11.8 Å². The third-order valence-corrected chi connectivity index (χ3v) is 6.68. The highest BCUT2D eigenvalue weighted by molar-refractivity contribution is 5.96. The van der Waals surface area contributed by atoms with Gasteiger partial charge in [-0.25, -0.2) is 9.48 Å².